The third-order valence-electron chi connectivity index (χ3n) is 4.64. The summed E-state index contributed by atoms with van der Waals surface area (Å²) in [6, 6.07) is 32.2. The summed E-state index contributed by atoms with van der Waals surface area (Å²) in [5.41, 5.74) is 3.18. The maximum absolute atomic E-state index is 12.5. The van der Waals surface area contributed by atoms with Crippen LogP contribution in [0.25, 0.3) is 0 Å². The molecule has 4 aromatic carbocycles. The average Bonchev–Trinajstić information content (AvgIpc) is 2.85. The molecule has 0 atom stereocenters. The first-order chi connectivity index (χ1) is 15.7. The molecule has 0 aliphatic heterocycles. The van der Waals surface area contributed by atoms with Crippen LogP contribution in [0.15, 0.2) is 119 Å². The zero-order valence-electron chi connectivity index (χ0n) is 17.1. The number of amides is 2. The van der Waals surface area contributed by atoms with Crippen molar-refractivity contribution in [3.63, 3.8) is 0 Å². The molecule has 0 aliphatic carbocycles. The molecule has 0 aromatic heterocycles. The fraction of sp³-hybridized carbons (Fsp3) is 0. The number of rotatable bonds is 6. The Balaban J connectivity index is 1.54. The lowest BCUT2D eigenvalue weighted by molar-refractivity contribution is 0.101. The number of nitrogens with zero attached hydrogens (tertiary/aromatic N) is 2. The van der Waals surface area contributed by atoms with Crippen molar-refractivity contribution >= 4 is 34.6 Å². The van der Waals surface area contributed by atoms with Crippen molar-refractivity contribution in [2.24, 2.45) is 10.2 Å². The molecule has 0 saturated carbocycles. The van der Waals surface area contributed by atoms with Crippen molar-refractivity contribution in [2.45, 2.75) is 0 Å². The number of azo groups is 1. The van der Waals surface area contributed by atoms with Gasteiger partial charge in [0, 0.05) is 11.1 Å². The van der Waals surface area contributed by atoms with Gasteiger partial charge in [-0.25, -0.2) is 0 Å². The Hall–Kier alpha value is -4.58. The first-order valence-corrected chi connectivity index (χ1v) is 10.0. The van der Waals surface area contributed by atoms with Crippen LogP contribution in [-0.2, 0) is 0 Å². The second kappa shape index (κ2) is 9.95. The van der Waals surface area contributed by atoms with Gasteiger partial charge in [-0.1, -0.05) is 60.7 Å². The fourth-order valence-electron chi connectivity index (χ4n) is 3.01. The highest BCUT2D eigenvalue weighted by atomic mass is 16.2. The predicted octanol–water partition coefficient (Wildman–Crippen LogP) is 6.61. The van der Waals surface area contributed by atoms with E-state index in [9.17, 15) is 9.59 Å². The zero-order chi connectivity index (χ0) is 22.2. The van der Waals surface area contributed by atoms with E-state index in [0.29, 0.717) is 33.9 Å². The third-order valence-corrected chi connectivity index (χ3v) is 4.64. The summed E-state index contributed by atoms with van der Waals surface area (Å²) in [5, 5.41) is 14.4. The molecule has 6 nitrogen and oxygen atoms in total. The molecule has 0 fully saturated rings. The van der Waals surface area contributed by atoms with E-state index < -0.39 is 0 Å². The number of hydrogen-bond acceptors (Lipinski definition) is 4. The molecule has 2 N–H and O–H groups in total. The van der Waals surface area contributed by atoms with Gasteiger partial charge in [0.25, 0.3) is 11.8 Å². The molecule has 0 heterocycles. The lowest BCUT2D eigenvalue weighted by Gasteiger charge is -2.09. The topological polar surface area (TPSA) is 82.9 Å². The number of para-hydroxylation sites is 2. The maximum Gasteiger partial charge on any atom is 0.255 e. The van der Waals surface area contributed by atoms with Gasteiger partial charge >= 0.3 is 0 Å². The lowest BCUT2D eigenvalue weighted by atomic mass is 10.2. The van der Waals surface area contributed by atoms with Crippen LogP contribution in [0.5, 0.6) is 0 Å². The lowest BCUT2D eigenvalue weighted by Crippen LogP contribution is -2.11. The Morgan fingerprint density at radius 1 is 0.469 bits per heavy atom. The van der Waals surface area contributed by atoms with E-state index in [1.54, 1.807) is 72.8 Å². The Kier molecular flexibility index (Phi) is 6.43. The molecule has 6 heteroatoms. The number of anilines is 2. The molecule has 4 aromatic rings. The highest BCUT2D eigenvalue weighted by Crippen LogP contribution is 2.30. The molecular formula is C26H20N4O2. The number of benzene rings is 4. The van der Waals surface area contributed by atoms with Crippen molar-refractivity contribution in [2.75, 3.05) is 10.6 Å². The van der Waals surface area contributed by atoms with E-state index in [4.69, 9.17) is 0 Å². The molecule has 0 saturated heterocycles. The van der Waals surface area contributed by atoms with Crippen LogP contribution in [0.2, 0.25) is 0 Å². The minimum atomic E-state index is -0.233. The van der Waals surface area contributed by atoms with Gasteiger partial charge in [-0.05, 0) is 48.5 Å². The van der Waals surface area contributed by atoms with Crippen molar-refractivity contribution in [3.8, 4) is 0 Å². The number of carbonyl (C=O) groups excluding carboxylic acids is 2. The summed E-state index contributed by atoms with van der Waals surface area (Å²) in [5.74, 6) is -0.465. The van der Waals surface area contributed by atoms with E-state index in [-0.39, 0.29) is 11.8 Å². The molecular weight excluding hydrogens is 400 g/mol. The molecule has 2 amide bonds. The summed E-state index contributed by atoms with van der Waals surface area (Å²) >= 11 is 0. The summed E-state index contributed by atoms with van der Waals surface area (Å²) in [7, 11) is 0. The Morgan fingerprint density at radius 2 is 0.812 bits per heavy atom. The van der Waals surface area contributed by atoms with E-state index in [0.717, 1.165) is 0 Å². The van der Waals surface area contributed by atoms with Crippen LogP contribution < -0.4 is 10.6 Å². The van der Waals surface area contributed by atoms with E-state index in [2.05, 4.69) is 20.9 Å². The van der Waals surface area contributed by atoms with Crippen LogP contribution in [-0.4, -0.2) is 11.8 Å². The predicted molar refractivity (Wildman–Crippen MR) is 126 cm³/mol. The Bertz CT molecular complexity index is 1160. The van der Waals surface area contributed by atoms with E-state index >= 15 is 0 Å². The first-order valence-electron chi connectivity index (χ1n) is 10.0. The summed E-state index contributed by atoms with van der Waals surface area (Å²) < 4.78 is 0. The SMILES string of the molecule is O=C(Nc1ccccc1N=Nc1ccccc1NC(=O)c1ccccc1)c1ccccc1. The minimum absolute atomic E-state index is 0.233. The molecule has 0 spiro atoms. The van der Waals surface area contributed by atoms with Gasteiger partial charge in [0.15, 0.2) is 0 Å². The monoisotopic (exact) mass is 420 g/mol. The van der Waals surface area contributed by atoms with Crippen molar-refractivity contribution in [1.29, 1.82) is 0 Å². The second-order valence-corrected chi connectivity index (χ2v) is 6.87. The standard InChI is InChI=1S/C26H20N4O2/c31-25(19-11-3-1-4-12-19)27-21-15-7-9-17-23(21)29-30-24-18-10-8-16-22(24)28-26(32)20-13-5-2-6-14-20/h1-18H,(H,27,31)(H,28,32). The first kappa shape index (κ1) is 20.7. The van der Waals surface area contributed by atoms with Gasteiger partial charge < -0.3 is 10.6 Å². The minimum Gasteiger partial charge on any atom is -0.320 e. The van der Waals surface area contributed by atoms with Crippen molar-refractivity contribution < 1.29 is 9.59 Å². The number of nitrogens with one attached hydrogen (secondary N) is 2. The smallest absolute Gasteiger partial charge is 0.255 e. The molecule has 0 aliphatic rings. The Labute approximate surface area is 185 Å². The van der Waals surface area contributed by atoms with Gasteiger partial charge in [0.2, 0.25) is 0 Å². The molecule has 0 unspecified atom stereocenters. The molecule has 156 valence electrons. The molecule has 0 radical (unpaired) electrons. The average molecular weight is 420 g/mol. The summed E-state index contributed by atoms with van der Waals surface area (Å²) in [4.78, 5) is 25.0. The third kappa shape index (κ3) is 5.12. The number of carbonyl (C=O) groups is 2. The number of hydrogen-bond donors (Lipinski definition) is 2. The highest BCUT2D eigenvalue weighted by molar-refractivity contribution is 6.06. The van der Waals surface area contributed by atoms with Crippen molar-refractivity contribution in [3.05, 3.63) is 120 Å². The van der Waals surface area contributed by atoms with Gasteiger partial charge in [-0.15, -0.1) is 10.2 Å². The van der Waals surface area contributed by atoms with Crippen LogP contribution in [0.4, 0.5) is 22.7 Å². The van der Waals surface area contributed by atoms with Gasteiger partial charge in [-0.2, -0.15) is 0 Å². The zero-order valence-corrected chi connectivity index (χ0v) is 17.1. The van der Waals surface area contributed by atoms with Gasteiger partial charge in [-0.3, -0.25) is 9.59 Å². The van der Waals surface area contributed by atoms with Crippen LogP contribution in [0, 0.1) is 0 Å². The van der Waals surface area contributed by atoms with Gasteiger partial charge in [0.05, 0.1) is 11.4 Å². The molecule has 32 heavy (non-hydrogen) atoms. The van der Waals surface area contributed by atoms with Crippen LogP contribution >= 0.6 is 0 Å². The quantitative estimate of drug-likeness (QED) is 0.344. The van der Waals surface area contributed by atoms with Gasteiger partial charge in [0.1, 0.15) is 11.4 Å². The largest absolute Gasteiger partial charge is 0.320 e. The van der Waals surface area contributed by atoms with E-state index in [1.165, 1.54) is 0 Å². The summed E-state index contributed by atoms with van der Waals surface area (Å²) in [6.45, 7) is 0. The van der Waals surface area contributed by atoms with Crippen molar-refractivity contribution in [1.82, 2.24) is 0 Å². The second-order valence-electron chi connectivity index (χ2n) is 6.87. The molecule has 4 rings (SSSR count). The highest BCUT2D eigenvalue weighted by Gasteiger charge is 2.10. The van der Waals surface area contributed by atoms with E-state index in [1.807, 2.05) is 36.4 Å². The Morgan fingerprint density at radius 3 is 1.22 bits per heavy atom. The molecule has 0 bridgehead atoms. The summed E-state index contributed by atoms with van der Waals surface area (Å²) in [6.07, 6.45) is 0. The van der Waals surface area contributed by atoms with Crippen LogP contribution in [0.3, 0.4) is 0 Å². The maximum atomic E-state index is 12.5. The fourth-order valence-corrected chi connectivity index (χ4v) is 3.01. The normalized spacial score (nSPS) is 10.6. The van der Waals surface area contributed by atoms with Crippen LogP contribution in [0.1, 0.15) is 20.7 Å².